The van der Waals surface area contributed by atoms with Gasteiger partial charge in [0.2, 0.25) is 0 Å². The van der Waals surface area contributed by atoms with Crippen LogP contribution >= 0.6 is 46.7 Å². The van der Waals surface area contributed by atoms with Crippen LogP contribution in [0.3, 0.4) is 0 Å². The second kappa shape index (κ2) is 9.13. The molecule has 3 N–H and O–H groups in total. The van der Waals surface area contributed by atoms with Crippen LogP contribution in [0.25, 0.3) is 0 Å². The summed E-state index contributed by atoms with van der Waals surface area (Å²) in [6.07, 6.45) is 1.27. The monoisotopic (exact) mass is 428 g/mol. The van der Waals surface area contributed by atoms with E-state index >= 15 is 0 Å². The Bertz CT molecular complexity index is 758. The van der Waals surface area contributed by atoms with Crippen molar-refractivity contribution in [3.63, 3.8) is 0 Å². The maximum Gasteiger partial charge on any atom is 0.262 e. The van der Waals surface area contributed by atoms with Crippen molar-refractivity contribution >= 4 is 64.0 Å². The fraction of sp³-hybridized carbons (Fsp3) is 0.278. The Morgan fingerprint density at radius 1 is 1.15 bits per heavy atom. The Kier molecular flexibility index (Phi) is 6.86. The van der Waals surface area contributed by atoms with Crippen molar-refractivity contribution in [2.75, 3.05) is 29.2 Å². The van der Waals surface area contributed by atoms with Gasteiger partial charge in [-0.3, -0.25) is 4.79 Å². The summed E-state index contributed by atoms with van der Waals surface area (Å²) in [4.78, 5) is 12.0. The van der Waals surface area contributed by atoms with Crippen LogP contribution in [0.1, 0.15) is 16.6 Å². The fourth-order valence-electron chi connectivity index (χ4n) is 2.40. The maximum atomic E-state index is 12.0. The number of nitrogens with one attached hydrogen (secondary N) is 1. The number of halogens is 2. The van der Waals surface area contributed by atoms with Gasteiger partial charge in [-0.2, -0.15) is 0 Å². The number of nitrogens with two attached hydrogens (primary N) is 1. The standard InChI is InChI=1S/C18H18Cl2N2O2S2/c19-14-8-12(9-15(20)17(14)21)22-16(23)10-24-13-4-2-11(3-5-13)18-25-6-1-7-26-18/h2-5,8-9,18H,1,6-7,10,21H2,(H,22,23). The van der Waals surface area contributed by atoms with Crippen molar-refractivity contribution in [2.45, 2.75) is 11.0 Å². The molecule has 0 aromatic heterocycles. The molecule has 4 nitrogen and oxygen atoms in total. The molecular formula is C18H18Cl2N2O2S2. The molecule has 8 heteroatoms. The summed E-state index contributed by atoms with van der Waals surface area (Å²) >= 11 is 15.9. The molecular weight excluding hydrogens is 411 g/mol. The summed E-state index contributed by atoms with van der Waals surface area (Å²) in [5.74, 6) is 2.76. The molecule has 0 atom stereocenters. The van der Waals surface area contributed by atoms with E-state index in [0.29, 0.717) is 26.1 Å². The average molecular weight is 429 g/mol. The number of nitrogen functional groups attached to an aromatic ring is 1. The van der Waals surface area contributed by atoms with Gasteiger partial charge >= 0.3 is 0 Å². The highest BCUT2D eigenvalue weighted by molar-refractivity contribution is 8.16. The number of carbonyl (C=O) groups excluding carboxylic acids is 1. The van der Waals surface area contributed by atoms with Crippen molar-refractivity contribution in [1.82, 2.24) is 0 Å². The Morgan fingerprint density at radius 3 is 2.38 bits per heavy atom. The molecule has 1 aliphatic rings. The molecule has 1 aliphatic heterocycles. The predicted molar refractivity (Wildman–Crippen MR) is 114 cm³/mol. The van der Waals surface area contributed by atoms with Crippen LogP contribution in [0, 0.1) is 0 Å². The third-order valence-corrected chi connectivity index (χ3v) is 7.35. The first kappa shape index (κ1) is 19.5. The number of anilines is 2. The van der Waals surface area contributed by atoms with E-state index in [2.05, 4.69) is 17.4 Å². The lowest BCUT2D eigenvalue weighted by atomic mass is 10.2. The average Bonchev–Trinajstić information content (AvgIpc) is 2.65. The molecule has 0 unspecified atom stereocenters. The number of benzene rings is 2. The zero-order valence-corrected chi connectivity index (χ0v) is 17.0. The lowest BCUT2D eigenvalue weighted by Crippen LogP contribution is -2.20. The molecule has 0 aliphatic carbocycles. The summed E-state index contributed by atoms with van der Waals surface area (Å²) < 4.78 is 6.04. The lowest BCUT2D eigenvalue weighted by molar-refractivity contribution is -0.118. The highest BCUT2D eigenvalue weighted by Gasteiger charge is 2.16. The van der Waals surface area contributed by atoms with Gasteiger partial charge in [0.25, 0.3) is 5.91 Å². The molecule has 138 valence electrons. The van der Waals surface area contributed by atoms with Crippen LogP contribution in [0.4, 0.5) is 11.4 Å². The van der Waals surface area contributed by atoms with Crippen molar-refractivity contribution in [2.24, 2.45) is 0 Å². The highest BCUT2D eigenvalue weighted by Crippen LogP contribution is 2.43. The molecule has 0 bridgehead atoms. The second-order valence-corrected chi connectivity index (χ2v) is 9.23. The minimum Gasteiger partial charge on any atom is -0.484 e. The van der Waals surface area contributed by atoms with Gasteiger partial charge in [0.15, 0.2) is 6.61 Å². The largest absolute Gasteiger partial charge is 0.484 e. The second-order valence-electron chi connectivity index (χ2n) is 5.69. The Labute approximate surface area is 171 Å². The molecule has 2 aromatic rings. The van der Waals surface area contributed by atoms with Crippen LogP contribution < -0.4 is 15.8 Å². The number of carbonyl (C=O) groups is 1. The quantitative estimate of drug-likeness (QED) is 0.618. The third-order valence-electron chi connectivity index (χ3n) is 3.71. The van der Waals surface area contributed by atoms with Crippen LogP contribution in [0.5, 0.6) is 5.75 Å². The highest BCUT2D eigenvalue weighted by atomic mass is 35.5. The Balaban J connectivity index is 1.52. The van der Waals surface area contributed by atoms with Gasteiger partial charge in [-0.15, -0.1) is 23.5 Å². The fourth-order valence-corrected chi connectivity index (χ4v) is 5.79. The van der Waals surface area contributed by atoms with E-state index < -0.39 is 0 Å². The zero-order chi connectivity index (χ0) is 18.5. The number of rotatable bonds is 5. The van der Waals surface area contributed by atoms with Gasteiger partial charge in [0, 0.05) is 5.69 Å². The first-order valence-electron chi connectivity index (χ1n) is 8.03. The van der Waals surface area contributed by atoms with Crippen LogP contribution in [-0.4, -0.2) is 24.0 Å². The Hall–Kier alpha value is -1.21. The number of thioether (sulfide) groups is 2. The Morgan fingerprint density at radius 2 is 1.77 bits per heavy atom. The van der Waals surface area contributed by atoms with Crippen LogP contribution in [0.2, 0.25) is 10.0 Å². The summed E-state index contributed by atoms with van der Waals surface area (Å²) in [7, 11) is 0. The predicted octanol–water partition coefficient (Wildman–Crippen LogP) is 5.46. The molecule has 3 rings (SSSR count). The number of ether oxygens (including phenoxy) is 1. The number of hydrogen-bond acceptors (Lipinski definition) is 5. The normalized spacial score (nSPS) is 14.8. The zero-order valence-electron chi connectivity index (χ0n) is 13.8. The van der Waals surface area contributed by atoms with Crippen molar-refractivity contribution < 1.29 is 9.53 Å². The first-order valence-corrected chi connectivity index (χ1v) is 10.9. The van der Waals surface area contributed by atoms with Gasteiger partial charge in [0.1, 0.15) is 5.75 Å². The van der Waals surface area contributed by atoms with E-state index in [4.69, 9.17) is 33.7 Å². The van der Waals surface area contributed by atoms with E-state index in [1.807, 2.05) is 35.7 Å². The summed E-state index contributed by atoms with van der Waals surface area (Å²) in [6, 6.07) is 11.0. The van der Waals surface area contributed by atoms with E-state index in [1.54, 1.807) is 12.1 Å². The molecule has 1 amide bonds. The SMILES string of the molecule is Nc1c(Cl)cc(NC(=O)COc2ccc(C3SCCCS3)cc2)cc1Cl. The van der Waals surface area contributed by atoms with E-state index in [-0.39, 0.29) is 18.2 Å². The van der Waals surface area contributed by atoms with Gasteiger partial charge in [-0.1, -0.05) is 35.3 Å². The number of hydrogen-bond donors (Lipinski definition) is 2. The maximum absolute atomic E-state index is 12.0. The first-order chi connectivity index (χ1) is 12.5. The topological polar surface area (TPSA) is 64.3 Å². The lowest BCUT2D eigenvalue weighted by Gasteiger charge is -2.21. The minimum atomic E-state index is -0.302. The van der Waals surface area contributed by atoms with Gasteiger partial charge in [-0.25, -0.2) is 0 Å². The van der Waals surface area contributed by atoms with Crippen molar-refractivity contribution in [1.29, 1.82) is 0 Å². The smallest absolute Gasteiger partial charge is 0.262 e. The van der Waals surface area contributed by atoms with Gasteiger partial charge < -0.3 is 15.8 Å². The molecule has 1 saturated heterocycles. The third kappa shape index (κ3) is 5.16. The minimum absolute atomic E-state index is 0.105. The molecule has 0 radical (unpaired) electrons. The van der Waals surface area contributed by atoms with Gasteiger partial charge in [-0.05, 0) is 47.8 Å². The molecule has 0 saturated carbocycles. The van der Waals surface area contributed by atoms with E-state index in [0.717, 1.165) is 0 Å². The number of amides is 1. The van der Waals surface area contributed by atoms with Crippen LogP contribution in [0.15, 0.2) is 36.4 Å². The molecule has 26 heavy (non-hydrogen) atoms. The molecule has 0 spiro atoms. The van der Waals surface area contributed by atoms with Crippen molar-refractivity contribution in [3.8, 4) is 5.75 Å². The van der Waals surface area contributed by atoms with Gasteiger partial charge in [0.05, 0.1) is 20.3 Å². The molecule has 1 fully saturated rings. The molecule has 2 aromatic carbocycles. The van der Waals surface area contributed by atoms with Crippen LogP contribution in [-0.2, 0) is 4.79 Å². The van der Waals surface area contributed by atoms with Crippen molar-refractivity contribution in [3.05, 3.63) is 52.0 Å². The summed E-state index contributed by atoms with van der Waals surface area (Å²) in [6.45, 7) is -0.105. The summed E-state index contributed by atoms with van der Waals surface area (Å²) in [5.41, 5.74) is 7.72. The van der Waals surface area contributed by atoms with E-state index in [9.17, 15) is 4.79 Å². The summed E-state index contributed by atoms with van der Waals surface area (Å²) in [5, 5.41) is 3.28. The molecule has 1 heterocycles. The van der Waals surface area contributed by atoms with E-state index in [1.165, 1.54) is 23.5 Å².